The minimum Gasteiger partial charge on any atom is -0.395 e. The highest BCUT2D eigenvalue weighted by Gasteiger charge is 2.13. The van der Waals surface area contributed by atoms with Crippen molar-refractivity contribution in [1.82, 2.24) is 4.90 Å². The number of benzene rings is 2. The third kappa shape index (κ3) is 4.10. The molecule has 0 saturated carbocycles. The number of amides is 2. The van der Waals surface area contributed by atoms with Crippen LogP contribution in [0.3, 0.4) is 0 Å². The summed E-state index contributed by atoms with van der Waals surface area (Å²) in [5, 5.41) is 11.9. The Kier molecular flexibility index (Phi) is 5.15. The van der Waals surface area contributed by atoms with Gasteiger partial charge in [0.1, 0.15) is 0 Å². The number of hydrogen-bond acceptors (Lipinski definition) is 2. The number of rotatable bonds is 5. The van der Waals surface area contributed by atoms with Crippen LogP contribution in [0, 0.1) is 0 Å². The van der Waals surface area contributed by atoms with E-state index < -0.39 is 0 Å². The molecule has 0 radical (unpaired) electrons. The summed E-state index contributed by atoms with van der Waals surface area (Å²) in [4.78, 5) is 13.8. The van der Waals surface area contributed by atoms with E-state index in [9.17, 15) is 4.79 Å². The van der Waals surface area contributed by atoms with Gasteiger partial charge in [-0.2, -0.15) is 0 Å². The molecule has 0 aromatic heterocycles. The monoisotopic (exact) mass is 270 g/mol. The maximum absolute atomic E-state index is 12.2. The van der Waals surface area contributed by atoms with Gasteiger partial charge in [-0.25, -0.2) is 4.79 Å². The summed E-state index contributed by atoms with van der Waals surface area (Å²) in [6.45, 7) is 0.711. The molecule has 2 aromatic carbocycles. The molecule has 20 heavy (non-hydrogen) atoms. The van der Waals surface area contributed by atoms with E-state index in [2.05, 4.69) is 5.32 Å². The van der Waals surface area contributed by atoms with Crippen LogP contribution >= 0.6 is 0 Å². The summed E-state index contributed by atoms with van der Waals surface area (Å²) in [6, 6.07) is 18.8. The molecule has 0 fully saturated rings. The second-order valence-corrected chi connectivity index (χ2v) is 4.43. The van der Waals surface area contributed by atoms with Gasteiger partial charge in [0, 0.05) is 18.8 Å². The first-order valence-electron chi connectivity index (χ1n) is 6.55. The SMILES string of the molecule is O=C(Nc1ccccc1)N(CCO)Cc1ccccc1. The van der Waals surface area contributed by atoms with E-state index in [0.717, 1.165) is 11.3 Å². The predicted molar refractivity (Wildman–Crippen MR) is 79.4 cm³/mol. The van der Waals surface area contributed by atoms with Crippen molar-refractivity contribution < 1.29 is 9.90 Å². The van der Waals surface area contributed by atoms with Gasteiger partial charge in [0.15, 0.2) is 0 Å². The van der Waals surface area contributed by atoms with E-state index in [-0.39, 0.29) is 12.6 Å². The molecule has 0 unspecified atom stereocenters. The molecule has 0 saturated heterocycles. The maximum atomic E-state index is 12.2. The van der Waals surface area contributed by atoms with Crippen molar-refractivity contribution in [3.8, 4) is 0 Å². The zero-order valence-electron chi connectivity index (χ0n) is 11.2. The first-order chi connectivity index (χ1) is 9.79. The average Bonchev–Trinajstić information content (AvgIpc) is 2.49. The van der Waals surface area contributed by atoms with Gasteiger partial charge in [0.05, 0.1) is 6.61 Å². The lowest BCUT2D eigenvalue weighted by Gasteiger charge is -2.22. The lowest BCUT2D eigenvalue weighted by molar-refractivity contribution is 0.185. The zero-order valence-corrected chi connectivity index (χ0v) is 11.2. The van der Waals surface area contributed by atoms with Gasteiger partial charge >= 0.3 is 6.03 Å². The van der Waals surface area contributed by atoms with Crippen LogP contribution in [0.15, 0.2) is 60.7 Å². The number of nitrogens with zero attached hydrogens (tertiary/aromatic N) is 1. The van der Waals surface area contributed by atoms with Crippen LogP contribution < -0.4 is 5.32 Å². The summed E-state index contributed by atoms with van der Waals surface area (Å²) in [5.41, 5.74) is 1.78. The molecule has 0 heterocycles. The van der Waals surface area contributed by atoms with E-state index in [1.165, 1.54) is 0 Å². The van der Waals surface area contributed by atoms with Gasteiger partial charge in [-0.05, 0) is 17.7 Å². The van der Waals surface area contributed by atoms with Crippen molar-refractivity contribution >= 4 is 11.7 Å². The predicted octanol–water partition coefficient (Wildman–Crippen LogP) is 2.71. The number of anilines is 1. The van der Waals surface area contributed by atoms with E-state index >= 15 is 0 Å². The smallest absolute Gasteiger partial charge is 0.322 e. The summed E-state index contributed by atoms with van der Waals surface area (Å²) in [6.07, 6.45) is 0. The molecule has 2 amide bonds. The van der Waals surface area contributed by atoms with Crippen LogP contribution in [0.25, 0.3) is 0 Å². The van der Waals surface area contributed by atoms with Crippen molar-refractivity contribution in [3.63, 3.8) is 0 Å². The third-order valence-corrected chi connectivity index (χ3v) is 2.90. The second kappa shape index (κ2) is 7.31. The molecule has 4 heteroatoms. The first kappa shape index (κ1) is 14.1. The van der Waals surface area contributed by atoms with E-state index in [1.807, 2.05) is 60.7 Å². The van der Waals surface area contributed by atoms with Crippen LogP contribution in [0.5, 0.6) is 0 Å². The number of nitrogens with one attached hydrogen (secondary N) is 1. The molecule has 2 aromatic rings. The first-order valence-corrected chi connectivity index (χ1v) is 6.55. The molecule has 4 nitrogen and oxygen atoms in total. The Morgan fingerprint density at radius 1 is 1.00 bits per heavy atom. The topological polar surface area (TPSA) is 52.6 Å². The Morgan fingerprint density at radius 3 is 2.20 bits per heavy atom. The lowest BCUT2D eigenvalue weighted by atomic mass is 10.2. The van der Waals surface area contributed by atoms with Crippen LogP contribution in [0.4, 0.5) is 10.5 Å². The molecule has 0 atom stereocenters. The van der Waals surface area contributed by atoms with Crippen molar-refractivity contribution in [2.45, 2.75) is 6.54 Å². The molecule has 0 aliphatic rings. The van der Waals surface area contributed by atoms with E-state index in [0.29, 0.717) is 13.1 Å². The van der Waals surface area contributed by atoms with E-state index in [4.69, 9.17) is 5.11 Å². The Morgan fingerprint density at radius 2 is 1.60 bits per heavy atom. The molecule has 2 N–H and O–H groups in total. The third-order valence-electron chi connectivity index (χ3n) is 2.90. The number of aliphatic hydroxyl groups excluding tert-OH is 1. The minimum atomic E-state index is -0.214. The van der Waals surface area contributed by atoms with Gasteiger partial charge in [-0.3, -0.25) is 0 Å². The summed E-state index contributed by atoms with van der Waals surface area (Å²) < 4.78 is 0. The van der Waals surface area contributed by atoms with Gasteiger partial charge in [-0.1, -0.05) is 48.5 Å². The standard InChI is InChI=1S/C16H18N2O2/c19-12-11-18(13-14-7-3-1-4-8-14)16(20)17-15-9-5-2-6-10-15/h1-10,19H,11-13H2,(H,17,20). The molecular weight excluding hydrogens is 252 g/mol. The normalized spacial score (nSPS) is 10.1. The highest BCUT2D eigenvalue weighted by atomic mass is 16.3. The quantitative estimate of drug-likeness (QED) is 0.877. The van der Waals surface area contributed by atoms with E-state index in [1.54, 1.807) is 4.90 Å². The number of aliphatic hydroxyl groups is 1. The van der Waals surface area contributed by atoms with Crippen molar-refractivity contribution in [3.05, 3.63) is 66.2 Å². The number of hydrogen-bond donors (Lipinski definition) is 2. The molecule has 0 aliphatic heterocycles. The zero-order chi connectivity index (χ0) is 14.2. The van der Waals surface area contributed by atoms with Crippen LogP contribution in [-0.4, -0.2) is 29.2 Å². The Labute approximate surface area is 118 Å². The highest BCUT2D eigenvalue weighted by molar-refractivity contribution is 5.89. The largest absolute Gasteiger partial charge is 0.395 e. The molecule has 2 rings (SSSR count). The van der Waals surface area contributed by atoms with Crippen molar-refractivity contribution in [2.24, 2.45) is 0 Å². The van der Waals surface area contributed by atoms with Crippen LogP contribution in [-0.2, 0) is 6.54 Å². The number of carbonyl (C=O) groups is 1. The van der Waals surface area contributed by atoms with Crippen LogP contribution in [0.2, 0.25) is 0 Å². The summed E-state index contributed by atoms with van der Waals surface area (Å²) >= 11 is 0. The molecule has 0 aliphatic carbocycles. The lowest BCUT2D eigenvalue weighted by Crippen LogP contribution is -2.36. The number of urea groups is 1. The fourth-order valence-corrected chi connectivity index (χ4v) is 1.90. The van der Waals surface area contributed by atoms with Crippen LogP contribution in [0.1, 0.15) is 5.56 Å². The van der Waals surface area contributed by atoms with Crippen molar-refractivity contribution in [1.29, 1.82) is 0 Å². The summed E-state index contributed by atoms with van der Waals surface area (Å²) in [5.74, 6) is 0. The molecule has 0 bridgehead atoms. The average molecular weight is 270 g/mol. The van der Waals surface area contributed by atoms with Crippen molar-refractivity contribution in [2.75, 3.05) is 18.5 Å². The van der Waals surface area contributed by atoms with Gasteiger partial charge < -0.3 is 15.3 Å². The molecule has 104 valence electrons. The maximum Gasteiger partial charge on any atom is 0.322 e. The fraction of sp³-hybridized carbons (Fsp3) is 0.188. The molecular formula is C16H18N2O2. The number of para-hydroxylation sites is 1. The Hall–Kier alpha value is -2.33. The van der Waals surface area contributed by atoms with Gasteiger partial charge in [0.25, 0.3) is 0 Å². The highest BCUT2D eigenvalue weighted by Crippen LogP contribution is 2.09. The van der Waals surface area contributed by atoms with Gasteiger partial charge in [-0.15, -0.1) is 0 Å². The fourth-order valence-electron chi connectivity index (χ4n) is 1.90. The molecule has 0 spiro atoms. The minimum absolute atomic E-state index is 0.0605. The number of carbonyl (C=O) groups excluding carboxylic acids is 1. The Bertz CT molecular complexity index is 529. The summed E-state index contributed by atoms with van der Waals surface area (Å²) in [7, 11) is 0. The second-order valence-electron chi connectivity index (χ2n) is 4.43. The van der Waals surface area contributed by atoms with Gasteiger partial charge in [0.2, 0.25) is 0 Å². The Balaban J connectivity index is 2.02.